The monoisotopic (exact) mass is 359 g/mol. The summed E-state index contributed by atoms with van der Waals surface area (Å²) in [5.41, 5.74) is 1.11. The fraction of sp³-hybridized carbons (Fsp3) is 0.222. The van der Waals surface area contributed by atoms with Crippen molar-refractivity contribution in [1.29, 1.82) is 0 Å². The van der Waals surface area contributed by atoms with Crippen molar-refractivity contribution in [2.75, 3.05) is 6.54 Å². The van der Waals surface area contributed by atoms with E-state index in [1.165, 1.54) is 12.1 Å². The average molecular weight is 359 g/mol. The second-order valence-electron chi connectivity index (χ2n) is 5.39. The molecule has 2 rings (SSSR count). The Morgan fingerprint density at radius 3 is 2.64 bits per heavy atom. The minimum Gasteiger partial charge on any atom is -0.349 e. The first-order valence-electron chi connectivity index (χ1n) is 7.89. The van der Waals surface area contributed by atoms with Crippen molar-refractivity contribution < 1.29 is 13.2 Å². The number of amides is 1. The molecular formula is C18H21N3O3S. The standard InChI is InChI=1S/C18H21N3O3S/c1-3-10-20-18(22)15-6-5-7-16(13-15)25(23,24)21-17(4-2)14-8-11-19-12-9-14/h3,5-9,11-13,17,21H,1,4,10H2,2H3,(H,20,22)/t17-/m0/s1. The number of pyridine rings is 1. The number of carbonyl (C=O) groups excluding carboxylic acids is 1. The molecule has 1 heterocycles. The molecule has 2 N–H and O–H groups in total. The molecule has 25 heavy (non-hydrogen) atoms. The SMILES string of the molecule is C=CCNC(=O)c1cccc(S(=O)(=O)N[C@@H](CC)c2ccncc2)c1. The predicted octanol–water partition coefficient (Wildman–Crippen LogP) is 2.43. The van der Waals surface area contributed by atoms with Gasteiger partial charge in [0.25, 0.3) is 5.91 Å². The molecule has 0 saturated carbocycles. The first-order valence-corrected chi connectivity index (χ1v) is 9.37. The van der Waals surface area contributed by atoms with Crippen LogP contribution in [0.2, 0.25) is 0 Å². The molecule has 0 aliphatic heterocycles. The zero-order chi connectivity index (χ0) is 18.3. The molecule has 0 aliphatic rings. The number of carbonyl (C=O) groups is 1. The molecule has 0 radical (unpaired) electrons. The number of hydrogen-bond donors (Lipinski definition) is 2. The summed E-state index contributed by atoms with van der Waals surface area (Å²) < 4.78 is 28.1. The Balaban J connectivity index is 2.24. The van der Waals surface area contributed by atoms with E-state index in [0.717, 1.165) is 5.56 Å². The molecule has 0 unspecified atom stereocenters. The molecule has 2 aromatic rings. The third-order valence-electron chi connectivity index (χ3n) is 3.63. The lowest BCUT2D eigenvalue weighted by molar-refractivity contribution is 0.0958. The van der Waals surface area contributed by atoms with Gasteiger partial charge in [0.2, 0.25) is 10.0 Å². The highest BCUT2D eigenvalue weighted by molar-refractivity contribution is 7.89. The van der Waals surface area contributed by atoms with E-state index in [1.807, 2.05) is 6.92 Å². The first-order chi connectivity index (χ1) is 12.0. The largest absolute Gasteiger partial charge is 0.349 e. The Morgan fingerprint density at radius 1 is 1.28 bits per heavy atom. The Bertz CT molecular complexity index is 836. The molecular weight excluding hydrogens is 338 g/mol. The maximum absolute atomic E-state index is 12.7. The van der Waals surface area contributed by atoms with Crippen molar-refractivity contribution in [2.45, 2.75) is 24.3 Å². The minimum absolute atomic E-state index is 0.0475. The van der Waals surface area contributed by atoms with Gasteiger partial charge in [0, 0.05) is 30.5 Å². The van der Waals surface area contributed by atoms with Crippen molar-refractivity contribution in [1.82, 2.24) is 15.0 Å². The molecule has 0 bridgehead atoms. The number of hydrogen-bond acceptors (Lipinski definition) is 4. The Hall–Kier alpha value is -2.51. The maximum Gasteiger partial charge on any atom is 0.251 e. The van der Waals surface area contributed by atoms with E-state index in [-0.39, 0.29) is 22.4 Å². The molecule has 1 aromatic carbocycles. The number of sulfonamides is 1. The maximum atomic E-state index is 12.7. The van der Waals surface area contributed by atoms with Crippen LogP contribution in [-0.4, -0.2) is 25.9 Å². The van der Waals surface area contributed by atoms with Crippen LogP contribution < -0.4 is 10.0 Å². The van der Waals surface area contributed by atoms with Gasteiger partial charge < -0.3 is 5.32 Å². The van der Waals surface area contributed by atoms with Crippen LogP contribution in [0, 0.1) is 0 Å². The van der Waals surface area contributed by atoms with Gasteiger partial charge in [-0.25, -0.2) is 13.1 Å². The predicted molar refractivity (Wildman–Crippen MR) is 96.6 cm³/mol. The van der Waals surface area contributed by atoms with Gasteiger partial charge in [-0.3, -0.25) is 9.78 Å². The van der Waals surface area contributed by atoms with E-state index in [9.17, 15) is 13.2 Å². The fourth-order valence-corrected chi connectivity index (χ4v) is 3.66. The van der Waals surface area contributed by atoms with E-state index in [1.54, 1.807) is 42.7 Å². The van der Waals surface area contributed by atoms with Crippen molar-refractivity contribution in [3.05, 3.63) is 72.6 Å². The van der Waals surface area contributed by atoms with Gasteiger partial charge in [0.05, 0.1) is 4.90 Å². The lowest BCUT2D eigenvalue weighted by Crippen LogP contribution is -2.29. The average Bonchev–Trinajstić information content (AvgIpc) is 2.65. The molecule has 1 amide bonds. The van der Waals surface area contributed by atoms with Gasteiger partial charge in [-0.05, 0) is 42.3 Å². The van der Waals surface area contributed by atoms with Gasteiger partial charge in [0.1, 0.15) is 0 Å². The second-order valence-corrected chi connectivity index (χ2v) is 7.10. The van der Waals surface area contributed by atoms with E-state index in [4.69, 9.17) is 0 Å². The number of nitrogens with one attached hydrogen (secondary N) is 2. The van der Waals surface area contributed by atoms with Gasteiger partial charge in [-0.1, -0.05) is 19.1 Å². The molecule has 0 saturated heterocycles. The Kier molecular flexibility index (Phi) is 6.44. The summed E-state index contributed by atoms with van der Waals surface area (Å²) in [6.07, 6.45) is 5.39. The van der Waals surface area contributed by atoms with E-state index >= 15 is 0 Å². The highest BCUT2D eigenvalue weighted by atomic mass is 32.2. The normalized spacial score (nSPS) is 12.4. The summed E-state index contributed by atoms with van der Waals surface area (Å²) in [5.74, 6) is -0.349. The highest BCUT2D eigenvalue weighted by Crippen LogP contribution is 2.20. The van der Waals surface area contributed by atoms with Gasteiger partial charge in [-0.2, -0.15) is 0 Å². The van der Waals surface area contributed by atoms with Crippen LogP contribution in [0.5, 0.6) is 0 Å². The summed E-state index contributed by atoms with van der Waals surface area (Å²) in [4.78, 5) is 16.0. The second kappa shape index (κ2) is 8.55. The third-order valence-corrected chi connectivity index (χ3v) is 5.10. The fourth-order valence-electron chi connectivity index (χ4n) is 2.31. The van der Waals surface area contributed by atoms with Crippen molar-refractivity contribution in [2.24, 2.45) is 0 Å². The summed E-state index contributed by atoms with van der Waals surface area (Å²) >= 11 is 0. The van der Waals surface area contributed by atoms with Crippen LogP contribution in [0.3, 0.4) is 0 Å². The topological polar surface area (TPSA) is 88.2 Å². The molecule has 0 aliphatic carbocycles. The number of nitrogens with zero attached hydrogens (tertiary/aromatic N) is 1. The van der Waals surface area contributed by atoms with Crippen molar-refractivity contribution in [3.8, 4) is 0 Å². The lowest BCUT2D eigenvalue weighted by atomic mass is 10.1. The Morgan fingerprint density at radius 2 is 2.00 bits per heavy atom. The number of benzene rings is 1. The highest BCUT2D eigenvalue weighted by Gasteiger charge is 2.21. The quantitative estimate of drug-likeness (QED) is 0.709. The molecule has 1 aromatic heterocycles. The molecule has 7 heteroatoms. The molecule has 0 fully saturated rings. The third kappa shape index (κ3) is 4.98. The van der Waals surface area contributed by atoms with Gasteiger partial charge in [0.15, 0.2) is 0 Å². The molecule has 0 spiro atoms. The van der Waals surface area contributed by atoms with E-state index < -0.39 is 10.0 Å². The zero-order valence-electron chi connectivity index (χ0n) is 14.0. The lowest BCUT2D eigenvalue weighted by Gasteiger charge is -2.17. The van der Waals surface area contributed by atoms with Crippen LogP contribution in [0.15, 0.2) is 66.3 Å². The van der Waals surface area contributed by atoms with Crippen LogP contribution in [-0.2, 0) is 10.0 Å². The van der Waals surface area contributed by atoms with Crippen molar-refractivity contribution >= 4 is 15.9 Å². The van der Waals surface area contributed by atoms with E-state index in [2.05, 4.69) is 21.6 Å². The Labute approximate surface area is 148 Å². The number of aromatic nitrogens is 1. The van der Waals surface area contributed by atoms with E-state index in [0.29, 0.717) is 13.0 Å². The minimum atomic E-state index is -3.77. The van der Waals surface area contributed by atoms with Crippen LogP contribution in [0.25, 0.3) is 0 Å². The summed E-state index contributed by atoms with van der Waals surface area (Å²) in [7, 11) is -3.77. The number of rotatable bonds is 8. The smallest absolute Gasteiger partial charge is 0.251 e. The molecule has 6 nitrogen and oxygen atoms in total. The van der Waals surface area contributed by atoms with Crippen LogP contribution >= 0.6 is 0 Å². The van der Waals surface area contributed by atoms with Crippen LogP contribution in [0.4, 0.5) is 0 Å². The van der Waals surface area contributed by atoms with Crippen LogP contribution in [0.1, 0.15) is 35.3 Å². The van der Waals surface area contributed by atoms with Gasteiger partial charge >= 0.3 is 0 Å². The molecule has 132 valence electrons. The summed E-state index contributed by atoms with van der Waals surface area (Å²) in [6, 6.07) is 9.12. The molecule has 1 atom stereocenters. The van der Waals surface area contributed by atoms with Crippen molar-refractivity contribution in [3.63, 3.8) is 0 Å². The summed E-state index contributed by atoms with van der Waals surface area (Å²) in [6.45, 7) is 5.74. The summed E-state index contributed by atoms with van der Waals surface area (Å²) in [5, 5.41) is 2.63. The first kappa shape index (κ1) is 18.8. The zero-order valence-corrected chi connectivity index (χ0v) is 14.8. The van der Waals surface area contributed by atoms with Gasteiger partial charge in [-0.15, -0.1) is 6.58 Å².